The quantitative estimate of drug-likeness (QED) is 0.713. The van der Waals surface area contributed by atoms with Gasteiger partial charge in [0.25, 0.3) is 0 Å². The summed E-state index contributed by atoms with van der Waals surface area (Å²) in [5.41, 5.74) is 7.97. The molecule has 2 aromatic carbocycles. The van der Waals surface area contributed by atoms with Gasteiger partial charge in [0.05, 0.1) is 15.8 Å². The van der Waals surface area contributed by atoms with Gasteiger partial charge in [0.15, 0.2) is 4.34 Å². The summed E-state index contributed by atoms with van der Waals surface area (Å²) in [7, 11) is 0. The molecule has 0 saturated heterocycles. The van der Waals surface area contributed by atoms with E-state index in [1.165, 1.54) is 11.8 Å². The molecule has 1 aromatic heterocycles. The highest BCUT2D eigenvalue weighted by Crippen LogP contribution is 2.36. The molecule has 3 N–H and O–H groups in total. The number of para-hydroxylation sites is 1. The van der Waals surface area contributed by atoms with E-state index in [1.54, 1.807) is 17.4 Å². The molecule has 0 aliphatic rings. The molecule has 21 heavy (non-hydrogen) atoms. The Morgan fingerprint density at radius 2 is 2.10 bits per heavy atom. The Morgan fingerprint density at radius 3 is 2.81 bits per heavy atom. The summed E-state index contributed by atoms with van der Waals surface area (Å²) in [6.07, 6.45) is 0. The third-order valence-electron chi connectivity index (χ3n) is 3.07. The van der Waals surface area contributed by atoms with E-state index >= 15 is 0 Å². The second-order valence-corrected chi connectivity index (χ2v) is 6.91. The first-order valence-electron chi connectivity index (χ1n) is 6.21. The number of hydrogen-bond acceptors (Lipinski definition) is 5. The van der Waals surface area contributed by atoms with Crippen LogP contribution in [0.4, 0.5) is 5.69 Å². The van der Waals surface area contributed by atoms with Gasteiger partial charge in [-0.1, -0.05) is 23.9 Å². The molecule has 106 valence electrons. The van der Waals surface area contributed by atoms with Crippen molar-refractivity contribution in [1.82, 2.24) is 4.98 Å². The number of carbonyl (C=O) groups is 1. The van der Waals surface area contributed by atoms with Gasteiger partial charge >= 0.3 is 5.97 Å². The summed E-state index contributed by atoms with van der Waals surface area (Å²) in [6.45, 7) is 1.81. The minimum Gasteiger partial charge on any atom is -0.478 e. The molecule has 0 spiro atoms. The van der Waals surface area contributed by atoms with Crippen molar-refractivity contribution < 1.29 is 9.90 Å². The Kier molecular flexibility index (Phi) is 3.57. The van der Waals surface area contributed by atoms with Gasteiger partial charge in [-0.15, -0.1) is 11.3 Å². The van der Waals surface area contributed by atoms with E-state index in [9.17, 15) is 9.90 Å². The highest BCUT2D eigenvalue weighted by atomic mass is 32.2. The average molecular weight is 316 g/mol. The normalized spacial score (nSPS) is 10.9. The first-order chi connectivity index (χ1) is 10.0. The molecule has 1 heterocycles. The number of fused-ring (bicyclic) bond motifs is 1. The number of carboxylic acid groups (broad SMARTS) is 1. The maximum atomic E-state index is 11.2. The smallest absolute Gasteiger partial charge is 0.337 e. The fourth-order valence-electron chi connectivity index (χ4n) is 2.00. The molecule has 0 atom stereocenters. The lowest BCUT2D eigenvalue weighted by Gasteiger charge is -2.07. The van der Waals surface area contributed by atoms with Gasteiger partial charge < -0.3 is 10.8 Å². The van der Waals surface area contributed by atoms with Crippen LogP contribution in [0.2, 0.25) is 0 Å². The number of hydrogen-bond donors (Lipinski definition) is 2. The van der Waals surface area contributed by atoms with Crippen LogP contribution in [0.15, 0.2) is 45.6 Å². The summed E-state index contributed by atoms with van der Waals surface area (Å²) >= 11 is 3.05. The third-order valence-corrected chi connectivity index (χ3v) is 5.14. The van der Waals surface area contributed by atoms with Crippen molar-refractivity contribution in [2.24, 2.45) is 0 Å². The van der Waals surface area contributed by atoms with E-state index in [1.807, 2.05) is 37.3 Å². The molecule has 3 rings (SSSR count). The van der Waals surface area contributed by atoms with Gasteiger partial charge in [0.2, 0.25) is 0 Å². The summed E-state index contributed by atoms with van der Waals surface area (Å²) in [6, 6.07) is 11.4. The van der Waals surface area contributed by atoms with E-state index in [-0.39, 0.29) is 5.56 Å². The zero-order valence-electron chi connectivity index (χ0n) is 11.2. The first-order valence-corrected chi connectivity index (χ1v) is 7.85. The van der Waals surface area contributed by atoms with Crippen molar-refractivity contribution in [2.75, 3.05) is 5.73 Å². The standard InChI is InChI=1S/C15H12N2O2S2/c1-8-6-9(7-10(13(8)16)14(18)19)20-15-17-11-4-2-3-5-12(11)21-15/h2-7H,16H2,1H3,(H,18,19). The first kappa shape index (κ1) is 13.9. The van der Waals surface area contributed by atoms with Gasteiger partial charge in [-0.3, -0.25) is 0 Å². The van der Waals surface area contributed by atoms with Crippen LogP contribution in [0.25, 0.3) is 10.2 Å². The highest BCUT2D eigenvalue weighted by molar-refractivity contribution is 8.01. The third kappa shape index (κ3) is 2.72. The van der Waals surface area contributed by atoms with E-state index in [0.717, 1.165) is 25.0 Å². The van der Waals surface area contributed by atoms with Gasteiger partial charge in [-0.25, -0.2) is 9.78 Å². The van der Waals surface area contributed by atoms with Crippen molar-refractivity contribution in [3.63, 3.8) is 0 Å². The van der Waals surface area contributed by atoms with E-state index in [0.29, 0.717) is 5.69 Å². The molecule has 4 nitrogen and oxygen atoms in total. The van der Waals surface area contributed by atoms with Crippen LogP contribution in [0.5, 0.6) is 0 Å². The van der Waals surface area contributed by atoms with Gasteiger partial charge in [-0.2, -0.15) is 0 Å². The van der Waals surface area contributed by atoms with E-state index < -0.39 is 5.97 Å². The van der Waals surface area contributed by atoms with Gasteiger partial charge in [0.1, 0.15) is 0 Å². The van der Waals surface area contributed by atoms with Crippen LogP contribution < -0.4 is 5.73 Å². The van der Waals surface area contributed by atoms with Crippen molar-refractivity contribution >= 4 is 45.0 Å². The fraction of sp³-hybridized carbons (Fsp3) is 0.0667. The second-order valence-electron chi connectivity index (χ2n) is 4.56. The zero-order chi connectivity index (χ0) is 15.0. The molecule has 0 saturated carbocycles. The summed E-state index contributed by atoms with van der Waals surface area (Å²) < 4.78 is 2.00. The van der Waals surface area contributed by atoms with E-state index in [2.05, 4.69) is 4.98 Å². The van der Waals surface area contributed by atoms with Crippen LogP contribution in [-0.2, 0) is 0 Å². The van der Waals surface area contributed by atoms with Gasteiger partial charge in [0, 0.05) is 10.6 Å². The molecular weight excluding hydrogens is 304 g/mol. The average Bonchev–Trinajstić information content (AvgIpc) is 2.84. The number of aromatic nitrogens is 1. The minimum atomic E-state index is -1.01. The van der Waals surface area contributed by atoms with Crippen LogP contribution in [0.1, 0.15) is 15.9 Å². The number of nitrogens with zero attached hydrogens (tertiary/aromatic N) is 1. The fourth-order valence-corrected chi connectivity index (χ4v) is 4.18. The van der Waals surface area contributed by atoms with Crippen molar-refractivity contribution in [3.05, 3.63) is 47.5 Å². The molecule has 3 aromatic rings. The Bertz CT molecular complexity index is 810. The van der Waals surface area contributed by atoms with Crippen LogP contribution >= 0.6 is 23.1 Å². The number of rotatable bonds is 3. The largest absolute Gasteiger partial charge is 0.478 e. The lowest BCUT2D eigenvalue weighted by molar-refractivity contribution is 0.0697. The predicted octanol–water partition coefficient (Wildman–Crippen LogP) is 4.04. The van der Waals surface area contributed by atoms with Gasteiger partial charge in [-0.05, 0) is 36.8 Å². The van der Waals surface area contributed by atoms with Crippen LogP contribution in [0.3, 0.4) is 0 Å². The molecule has 0 aliphatic carbocycles. The van der Waals surface area contributed by atoms with Crippen LogP contribution in [0, 0.1) is 6.92 Å². The number of thiazole rings is 1. The molecule has 0 fully saturated rings. The number of carboxylic acids is 1. The number of nitrogen functional groups attached to an aromatic ring is 1. The maximum Gasteiger partial charge on any atom is 0.337 e. The number of aryl methyl sites for hydroxylation is 1. The summed E-state index contributed by atoms with van der Waals surface area (Å²) in [5, 5.41) is 9.19. The Balaban J connectivity index is 1.99. The number of anilines is 1. The number of nitrogens with two attached hydrogens (primary N) is 1. The van der Waals surface area contributed by atoms with Crippen molar-refractivity contribution in [3.8, 4) is 0 Å². The topological polar surface area (TPSA) is 76.2 Å². The molecule has 0 radical (unpaired) electrons. The molecule has 0 aliphatic heterocycles. The van der Waals surface area contributed by atoms with Crippen molar-refractivity contribution in [1.29, 1.82) is 0 Å². The van der Waals surface area contributed by atoms with E-state index in [4.69, 9.17) is 5.73 Å². The van der Waals surface area contributed by atoms with Crippen molar-refractivity contribution in [2.45, 2.75) is 16.2 Å². The molecule has 6 heteroatoms. The van der Waals surface area contributed by atoms with Crippen LogP contribution in [-0.4, -0.2) is 16.1 Å². The lowest BCUT2D eigenvalue weighted by atomic mass is 10.1. The number of aromatic carboxylic acids is 1. The number of benzene rings is 2. The molecule has 0 unspecified atom stereocenters. The summed E-state index contributed by atoms with van der Waals surface area (Å²) in [4.78, 5) is 16.6. The predicted molar refractivity (Wildman–Crippen MR) is 86.3 cm³/mol. The Morgan fingerprint density at radius 1 is 1.33 bits per heavy atom. The Hall–Kier alpha value is -2.05. The maximum absolute atomic E-state index is 11.2. The zero-order valence-corrected chi connectivity index (χ0v) is 12.8. The highest BCUT2D eigenvalue weighted by Gasteiger charge is 2.13. The summed E-state index contributed by atoms with van der Waals surface area (Å²) in [5.74, 6) is -1.01. The molecular formula is C15H12N2O2S2. The molecule has 0 bridgehead atoms. The molecule has 0 amide bonds. The monoisotopic (exact) mass is 316 g/mol. The second kappa shape index (κ2) is 5.38. The Labute approximate surface area is 129 Å². The lowest BCUT2D eigenvalue weighted by Crippen LogP contribution is -2.04. The SMILES string of the molecule is Cc1cc(Sc2nc3ccccc3s2)cc(C(=O)O)c1N. The minimum absolute atomic E-state index is 0.138.